The Hall–Kier alpha value is -2.16. The highest BCUT2D eigenvalue weighted by Crippen LogP contribution is 2.27. The van der Waals surface area contributed by atoms with Gasteiger partial charge in [0.05, 0.1) is 6.61 Å². The van der Waals surface area contributed by atoms with Crippen molar-refractivity contribution in [3.63, 3.8) is 0 Å². The van der Waals surface area contributed by atoms with Crippen molar-refractivity contribution in [1.29, 1.82) is 0 Å². The fourth-order valence-electron chi connectivity index (χ4n) is 2.34. The molecular weight excluding hydrogens is 312 g/mol. The standard InChI is InChI=1S/C14H20O9/c1-7(15)21-10(4-5-12(18)19)13-14(23-9(3)17)11(6-20-13)22-8(2)16/h10-11,13-14H,4-6H2,1-3H3,(H,18,19)/t10?,11-,13+,14+/m0/s1. The van der Waals surface area contributed by atoms with Crippen molar-refractivity contribution in [3.8, 4) is 0 Å². The number of carbonyl (C=O) groups is 4. The molecule has 0 saturated carbocycles. The van der Waals surface area contributed by atoms with E-state index in [0.29, 0.717) is 0 Å². The normalized spacial score (nSPS) is 24.6. The van der Waals surface area contributed by atoms with Crippen LogP contribution in [0.25, 0.3) is 0 Å². The lowest BCUT2D eigenvalue weighted by atomic mass is 10.0. The Morgan fingerprint density at radius 3 is 2.17 bits per heavy atom. The highest BCUT2D eigenvalue weighted by molar-refractivity contribution is 5.68. The van der Waals surface area contributed by atoms with Gasteiger partial charge < -0.3 is 24.1 Å². The molecule has 0 aromatic heterocycles. The van der Waals surface area contributed by atoms with Crippen LogP contribution in [0.3, 0.4) is 0 Å². The number of esters is 3. The van der Waals surface area contributed by atoms with Gasteiger partial charge in [0.15, 0.2) is 12.2 Å². The minimum Gasteiger partial charge on any atom is -0.481 e. The molecule has 0 bridgehead atoms. The van der Waals surface area contributed by atoms with E-state index in [1.165, 1.54) is 20.8 Å². The molecule has 23 heavy (non-hydrogen) atoms. The topological polar surface area (TPSA) is 125 Å². The summed E-state index contributed by atoms with van der Waals surface area (Å²) in [7, 11) is 0. The number of hydrogen-bond donors (Lipinski definition) is 1. The summed E-state index contributed by atoms with van der Waals surface area (Å²) >= 11 is 0. The van der Waals surface area contributed by atoms with Crippen molar-refractivity contribution in [3.05, 3.63) is 0 Å². The zero-order chi connectivity index (χ0) is 17.6. The molecule has 1 N–H and O–H groups in total. The van der Waals surface area contributed by atoms with Gasteiger partial charge in [-0.25, -0.2) is 0 Å². The van der Waals surface area contributed by atoms with Crippen molar-refractivity contribution < 1.29 is 43.2 Å². The van der Waals surface area contributed by atoms with E-state index in [1.807, 2.05) is 0 Å². The van der Waals surface area contributed by atoms with Crippen molar-refractivity contribution >= 4 is 23.9 Å². The van der Waals surface area contributed by atoms with Gasteiger partial charge in [-0.05, 0) is 6.42 Å². The average Bonchev–Trinajstić information content (AvgIpc) is 2.75. The van der Waals surface area contributed by atoms with Crippen molar-refractivity contribution in [2.75, 3.05) is 6.61 Å². The lowest BCUT2D eigenvalue weighted by Gasteiger charge is -2.27. The maximum atomic E-state index is 11.3. The van der Waals surface area contributed by atoms with Crippen LogP contribution in [-0.4, -0.2) is 60.0 Å². The summed E-state index contributed by atoms with van der Waals surface area (Å²) in [4.78, 5) is 44.3. The zero-order valence-corrected chi connectivity index (χ0v) is 13.1. The van der Waals surface area contributed by atoms with Crippen LogP contribution >= 0.6 is 0 Å². The second-order valence-corrected chi connectivity index (χ2v) is 5.10. The molecule has 0 spiro atoms. The molecule has 1 fully saturated rings. The van der Waals surface area contributed by atoms with Crippen LogP contribution in [0.4, 0.5) is 0 Å². The van der Waals surface area contributed by atoms with Gasteiger partial charge in [-0.15, -0.1) is 0 Å². The Labute approximate surface area is 132 Å². The number of aliphatic carboxylic acids is 1. The lowest BCUT2D eigenvalue weighted by Crippen LogP contribution is -2.44. The van der Waals surface area contributed by atoms with Gasteiger partial charge in [0.2, 0.25) is 0 Å². The molecule has 0 aromatic rings. The Morgan fingerprint density at radius 1 is 1.09 bits per heavy atom. The van der Waals surface area contributed by atoms with Crippen LogP contribution in [0.5, 0.6) is 0 Å². The maximum absolute atomic E-state index is 11.3. The molecule has 130 valence electrons. The highest BCUT2D eigenvalue weighted by Gasteiger charge is 2.47. The van der Waals surface area contributed by atoms with Gasteiger partial charge in [-0.2, -0.15) is 0 Å². The van der Waals surface area contributed by atoms with Crippen LogP contribution in [0.1, 0.15) is 33.6 Å². The molecule has 1 aliphatic heterocycles. The molecule has 9 heteroatoms. The Morgan fingerprint density at radius 2 is 1.70 bits per heavy atom. The quantitative estimate of drug-likeness (QED) is 0.508. The largest absolute Gasteiger partial charge is 0.481 e. The van der Waals surface area contributed by atoms with Gasteiger partial charge >= 0.3 is 23.9 Å². The summed E-state index contributed by atoms with van der Waals surface area (Å²) in [6.45, 7) is 3.50. The first kappa shape index (κ1) is 18.9. The molecule has 1 rings (SSSR count). The summed E-state index contributed by atoms with van der Waals surface area (Å²) in [5.41, 5.74) is 0. The molecule has 1 unspecified atom stereocenters. The zero-order valence-electron chi connectivity index (χ0n) is 13.1. The minimum absolute atomic E-state index is 0.0237. The summed E-state index contributed by atoms with van der Waals surface area (Å²) in [5, 5.41) is 8.79. The maximum Gasteiger partial charge on any atom is 0.303 e. The molecule has 1 heterocycles. The molecule has 0 aliphatic carbocycles. The van der Waals surface area contributed by atoms with Crippen LogP contribution < -0.4 is 0 Å². The van der Waals surface area contributed by atoms with Crippen molar-refractivity contribution in [2.45, 2.75) is 58.0 Å². The van der Waals surface area contributed by atoms with Gasteiger partial charge in [0.1, 0.15) is 12.2 Å². The summed E-state index contributed by atoms with van der Waals surface area (Å²) in [6, 6.07) is 0. The SMILES string of the molecule is CC(=O)OC(CCC(=O)O)[C@H]1OC[C@H](OC(C)=O)[C@H]1OC(C)=O. The minimum atomic E-state index is -1.07. The van der Waals surface area contributed by atoms with Crippen LogP contribution in [-0.2, 0) is 38.1 Å². The third kappa shape index (κ3) is 6.23. The van der Waals surface area contributed by atoms with E-state index in [9.17, 15) is 19.2 Å². The number of carboxylic acids is 1. The Bertz CT molecular complexity index is 473. The van der Waals surface area contributed by atoms with E-state index in [0.717, 1.165) is 0 Å². The molecule has 1 aliphatic rings. The Kier molecular flexibility index (Phi) is 6.95. The summed E-state index contributed by atoms with van der Waals surface area (Å²) in [6.07, 6.45) is -3.95. The van der Waals surface area contributed by atoms with E-state index < -0.39 is 48.3 Å². The monoisotopic (exact) mass is 332 g/mol. The van der Waals surface area contributed by atoms with Crippen molar-refractivity contribution in [1.82, 2.24) is 0 Å². The van der Waals surface area contributed by atoms with Crippen LogP contribution in [0, 0.1) is 0 Å². The number of carbonyl (C=O) groups excluding carboxylic acids is 3. The average molecular weight is 332 g/mol. The summed E-state index contributed by atoms with van der Waals surface area (Å²) < 4.78 is 20.7. The van der Waals surface area contributed by atoms with E-state index in [4.69, 9.17) is 24.1 Å². The van der Waals surface area contributed by atoms with E-state index in [2.05, 4.69) is 0 Å². The molecule has 1 saturated heterocycles. The number of rotatable bonds is 7. The van der Waals surface area contributed by atoms with Gasteiger partial charge in [-0.1, -0.05) is 0 Å². The molecule has 4 atom stereocenters. The van der Waals surface area contributed by atoms with Gasteiger partial charge in [0, 0.05) is 27.2 Å². The van der Waals surface area contributed by atoms with Gasteiger partial charge in [0.25, 0.3) is 0 Å². The van der Waals surface area contributed by atoms with Crippen LogP contribution in [0.15, 0.2) is 0 Å². The third-order valence-electron chi connectivity index (χ3n) is 3.09. The van der Waals surface area contributed by atoms with E-state index in [-0.39, 0.29) is 19.4 Å². The number of carboxylic acid groups (broad SMARTS) is 1. The number of ether oxygens (including phenoxy) is 4. The highest BCUT2D eigenvalue weighted by atomic mass is 16.6. The predicted molar refractivity (Wildman–Crippen MR) is 73.3 cm³/mol. The van der Waals surface area contributed by atoms with E-state index in [1.54, 1.807) is 0 Å². The fraction of sp³-hybridized carbons (Fsp3) is 0.714. The smallest absolute Gasteiger partial charge is 0.303 e. The van der Waals surface area contributed by atoms with Crippen LogP contribution in [0.2, 0.25) is 0 Å². The molecule has 9 nitrogen and oxygen atoms in total. The molecular formula is C14H20O9. The lowest BCUT2D eigenvalue weighted by molar-refractivity contribution is -0.171. The molecule has 0 amide bonds. The third-order valence-corrected chi connectivity index (χ3v) is 3.09. The van der Waals surface area contributed by atoms with Crippen molar-refractivity contribution in [2.24, 2.45) is 0 Å². The summed E-state index contributed by atoms with van der Waals surface area (Å²) in [5.74, 6) is -2.89. The second kappa shape index (κ2) is 8.47. The van der Waals surface area contributed by atoms with E-state index >= 15 is 0 Å². The van der Waals surface area contributed by atoms with Gasteiger partial charge in [-0.3, -0.25) is 19.2 Å². The first-order valence-electron chi connectivity index (χ1n) is 7.05. The second-order valence-electron chi connectivity index (χ2n) is 5.10. The first-order chi connectivity index (χ1) is 10.7. The first-order valence-corrected chi connectivity index (χ1v) is 7.05. The molecule has 0 aromatic carbocycles. The number of hydrogen-bond acceptors (Lipinski definition) is 8. The Balaban J connectivity index is 2.91. The predicted octanol–water partition coefficient (Wildman–Crippen LogP) is 0.0451. The fourth-order valence-corrected chi connectivity index (χ4v) is 2.34. The molecule has 0 radical (unpaired) electrons.